The number of rotatable bonds is 6. The molecule has 0 unspecified atom stereocenters. The van der Waals surface area contributed by atoms with Gasteiger partial charge in [-0.1, -0.05) is 0 Å². The minimum Gasteiger partial charge on any atom is -0.493 e. The SMILES string of the molecule is CNC(=O)c1ccc(OCC(=O)NC(C)C)c(OC)c1. The summed E-state index contributed by atoms with van der Waals surface area (Å²) in [6, 6.07) is 4.83. The van der Waals surface area contributed by atoms with Crippen LogP contribution in [0.2, 0.25) is 0 Å². The molecular weight excluding hydrogens is 260 g/mol. The number of ether oxygens (including phenoxy) is 2. The normalized spacial score (nSPS) is 10.1. The van der Waals surface area contributed by atoms with E-state index in [0.29, 0.717) is 17.1 Å². The molecule has 20 heavy (non-hydrogen) atoms. The lowest BCUT2D eigenvalue weighted by atomic mass is 10.2. The van der Waals surface area contributed by atoms with Gasteiger partial charge in [0.15, 0.2) is 18.1 Å². The number of carbonyl (C=O) groups excluding carboxylic acids is 2. The molecule has 0 aromatic heterocycles. The van der Waals surface area contributed by atoms with Gasteiger partial charge in [-0.15, -0.1) is 0 Å². The summed E-state index contributed by atoms with van der Waals surface area (Å²) < 4.78 is 10.5. The van der Waals surface area contributed by atoms with Crippen LogP contribution in [0.1, 0.15) is 24.2 Å². The van der Waals surface area contributed by atoms with Gasteiger partial charge in [-0.05, 0) is 32.0 Å². The summed E-state index contributed by atoms with van der Waals surface area (Å²) in [6.45, 7) is 3.64. The van der Waals surface area contributed by atoms with Gasteiger partial charge in [-0.3, -0.25) is 9.59 Å². The molecule has 110 valence electrons. The fraction of sp³-hybridized carbons (Fsp3) is 0.429. The van der Waals surface area contributed by atoms with Crippen LogP contribution >= 0.6 is 0 Å². The molecule has 2 N–H and O–H groups in total. The van der Waals surface area contributed by atoms with Gasteiger partial charge in [0.1, 0.15) is 0 Å². The summed E-state index contributed by atoms with van der Waals surface area (Å²) in [5.74, 6) is 0.396. The summed E-state index contributed by atoms with van der Waals surface area (Å²) in [4.78, 5) is 23.0. The third-order valence-corrected chi connectivity index (χ3v) is 2.46. The first-order valence-corrected chi connectivity index (χ1v) is 6.30. The minimum atomic E-state index is -0.215. The predicted molar refractivity (Wildman–Crippen MR) is 75.2 cm³/mol. The summed E-state index contributed by atoms with van der Waals surface area (Å²) in [7, 11) is 3.03. The van der Waals surface area contributed by atoms with Crippen molar-refractivity contribution in [3.63, 3.8) is 0 Å². The van der Waals surface area contributed by atoms with Crippen LogP contribution in [0.5, 0.6) is 11.5 Å². The van der Waals surface area contributed by atoms with Crippen LogP contribution in [-0.4, -0.2) is 38.6 Å². The van der Waals surface area contributed by atoms with E-state index < -0.39 is 0 Å². The molecule has 0 saturated carbocycles. The van der Waals surface area contributed by atoms with E-state index >= 15 is 0 Å². The molecule has 6 heteroatoms. The van der Waals surface area contributed by atoms with Gasteiger partial charge in [0.25, 0.3) is 11.8 Å². The molecule has 0 atom stereocenters. The third-order valence-electron chi connectivity index (χ3n) is 2.46. The lowest BCUT2D eigenvalue weighted by molar-refractivity contribution is -0.123. The monoisotopic (exact) mass is 280 g/mol. The molecule has 6 nitrogen and oxygen atoms in total. The Labute approximate surface area is 118 Å². The zero-order valence-electron chi connectivity index (χ0n) is 12.1. The van der Waals surface area contributed by atoms with Crippen molar-refractivity contribution in [2.24, 2.45) is 0 Å². The first kappa shape index (κ1) is 15.8. The van der Waals surface area contributed by atoms with Crippen LogP contribution in [-0.2, 0) is 4.79 Å². The number of hydrogen-bond donors (Lipinski definition) is 2. The number of amides is 2. The highest BCUT2D eigenvalue weighted by molar-refractivity contribution is 5.94. The zero-order chi connectivity index (χ0) is 15.1. The van der Waals surface area contributed by atoms with Gasteiger partial charge in [-0.2, -0.15) is 0 Å². The second-order valence-electron chi connectivity index (χ2n) is 4.46. The van der Waals surface area contributed by atoms with E-state index in [1.165, 1.54) is 7.11 Å². The first-order chi connectivity index (χ1) is 9.47. The second kappa shape index (κ2) is 7.37. The summed E-state index contributed by atoms with van der Waals surface area (Å²) in [5.41, 5.74) is 0.461. The fourth-order valence-corrected chi connectivity index (χ4v) is 1.58. The van der Waals surface area contributed by atoms with Crippen LogP contribution in [0.25, 0.3) is 0 Å². The average Bonchev–Trinajstić information content (AvgIpc) is 2.43. The van der Waals surface area contributed by atoms with Crippen molar-refractivity contribution in [3.05, 3.63) is 23.8 Å². The largest absolute Gasteiger partial charge is 0.493 e. The Morgan fingerprint density at radius 3 is 2.50 bits per heavy atom. The number of nitrogens with one attached hydrogen (secondary N) is 2. The smallest absolute Gasteiger partial charge is 0.258 e. The lowest BCUT2D eigenvalue weighted by Gasteiger charge is -2.13. The van der Waals surface area contributed by atoms with E-state index in [1.54, 1.807) is 25.2 Å². The molecule has 0 aliphatic rings. The van der Waals surface area contributed by atoms with Crippen LogP contribution in [0.3, 0.4) is 0 Å². The Kier molecular flexibility index (Phi) is 5.83. The van der Waals surface area contributed by atoms with Gasteiger partial charge >= 0.3 is 0 Å². The van der Waals surface area contributed by atoms with E-state index in [2.05, 4.69) is 10.6 Å². The molecule has 1 aromatic rings. The van der Waals surface area contributed by atoms with Crippen molar-refractivity contribution in [2.75, 3.05) is 20.8 Å². The fourth-order valence-electron chi connectivity index (χ4n) is 1.58. The molecule has 2 amide bonds. The molecule has 0 aliphatic carbocycles. The van der Waals surface area contributed by atoms with E-state index in [-0.39, 0.29) is 24.5 Å². The highest BCUT2D eigenvalue weighted by Gasteiger charge is 2.11. The van der Waals surface area contributed by atoms with Crippen molar-refractivity contribution in [3.8, 4) is 11.5 Å². The first-order valence-electron chi connectivity index (χ1n) is 6.30. The average molecular weight is 280 g/mol. The Hall–Kier alpha value is -2.24. The zero-order valence-corrected chi connectivity index (χ0v) is 12.1. The Morgan fingerprint density at radius 2 is 1.95 bits per heavy atom. The highest BCUT2D eigenvalue weighted by Crippen LogP contribution is 2.27. The maximum Gasteiger partial charge on any atom is 0.258 e. The van der Waals surface area contributed by atoms with Crippen LogP contribution < -0.4 is 20.1 Å². The molecule has 1 rings (SSSR count). The van der Waals surface area contributed by atoms with Crippen LogP contribution in [0.15, 0.2) is 18.2 Å². The molecule has 0 bridgehead atoms. The summed E-state index contributed by atoms with van der Waals surface area (Å²) in [5, 5.41) is 5.24. The molecule has 1 aromatic carbocycles. The Morgan fingerprint density at radius 1 is 1.25 bits per heavy atom. The maximum absolute atomic E-state index is 11.5. The Bertz CT molecular complexity index is 486. The third kappa shape index (κ3) is 4.46. The molecule has 0 heterocycles. The second-order valence-corrected chi connectivity index (χ2v) is 4.46. The van der Waals surface area contributed by atoms with Gasteiger partial charge in [0.2, 0.25) is 0 Å². The number of methoxy groups -OCH3 is 1. The molecule has 0 aliphatic heterocycles. The van der Waals surface area contributed by atoms with Crippen molar-refractivity contribution >= 4 is 11.8 Å². The van der Waals surface area contributed by atoms with Gasteiger partial charge in [0, 0.05) is 18.7 Å². The molecule has 0 spiro atoms. The van der Waals surface area contributed by atoms with Crippen molar-refractivity contribution in [1.29, 1.82) is 0 Å². The van der Waals surface area contributed by atoms with E-state index in [1.807, 2.05) is 13.8 Å². The molecule has 0 fully saturated rings. The molecule has 0 radical (unpaired) electrons. The van der Waals surface area contributed by atoms with E-state index in [4.69, 9.17) is 9.47 Å². The summed E-state index contributed by atoms with van der Waals surface area (Å²) >= 11 is 0. The van der Waals surface area contributed by atoms with Gasteiger partial charge in [-0.25, -0.2) is 0 Å². The van der Waals surface area contributed by atoms with E-state index in [9.17, 15) is 9.59 Å². The predicted octanol–water partition coefficient (Wildman–Crippen LogP) is 0.958. The maximum atomic E-state index is 11.5. The minimum absolute atomic E-state index is 0.0589. The number of hydrogen-bond acceptors (Lipinski definition) is 4. The van der Waals surface area contributed by atoms with Crippen LogP contribution in [0.4, 0.5) is 0 Å². The van der Waals surface area contributed by atoms with Crippen molar-refractivity contribution in [1.82, 2.24) is 10.6 Å². The van der Waals surface area contributed by atoms with Gasteiger partial charge < -0.3 is 20.1 Å². The van der Waals surface area contributed by atoms with Crippen molar-refractivity contribution in [2.45, 2.75) is 19.9 Å². The highest BCUT2D eigenvalue weighted by atomic mass is 16.5. The van der Waals surface area contributed by atoms with Crippen LogP contribution in [0, 0.1) is 0 Å². The van der Waals surface area contributed by atoms with E-state index in [0.717, 1.165) is 0 Å². The standard InChI is InChI=1S/C14H20N2O4/c1-9(2)16-13(17)8-20-11-6-5-10(14(18)15-3)7-12(11)19-4/h5-7,9H,8H2,1-4H3,(H,15,18)(H,16,17). The number of benzene rings is 1. The molecular formula is C14H20N2O4. The summed E-state index contributed by atoms with van der Waals surface area (Å²) in [6.07, 6.45) is 0. The number of carbonyl (C=O) groups is 2. The van der Waals surface area contributed by atoms with Gasteiger partial charge in [0.05, 0.1) is 7.11 Å². The Balaban J connectivity index is 2.75. The van der Waals surface area contributed by atoms with Crippen molar-refractivity contribution < 1.29 is 19.1 Å². The quantitative estimate of drug-likeness (QED) is 0.813. The topological polar surface area (TPSA) is 76.7 Å². The lowest BCUT2D eigenvalue weighted by Crippen LogP contribution is -2.34. The molecule has 0 saturated heterocycles.